The summed E-state index contributed by atoms with van der Waals surface area (Å²) in [6.45, 7) is 3.80. The molecule has 0 radical (unpaired) electrons. The third-order valence-electron chi connectivity index (χ3n) is 4.36. The molecule has 4 aromatic rings. The van der Waals surface area contributed by atoms with Gasteiger partial charge >= 0.3 is 0 Å². The molecule has 0 bridgehead atoms. The topological polar surface area (TPSA) is 105 Å². The Morgan fingerprint density at radius 2 is 1.92 bits per heavy atom. The van der Waals surface area contributed by atoms with E-state index in [9.17, 15) is 4.79 Å². The van der Waals surface area contributed by atoms with E-state index < -0.39 is 0 Å². The van der Waals surface area contributed by atoms with E-state index in [1.807, 2.05) is 44.2 Å². The van der Waals surface area contributed by atoms with Crippen molar-refractivity contribution in [2.24, 2.45) is 0 Å². The molecule has 130 valence electrons. The SMILES string of the molecule is Cc1nn(C(C)c2cnn(-c3ccccc3)c(=O)c2)c2ncnc(N)c12. The Kier molecular flexibility index (Phi) is 3.72. The lowest BCUT2D eigenvalue weighted by Crippen LogP contribution is -2.22. The van der Waals surface area contributed by atoms with Gasteiger partial charge in [-0.05, 0) is 26.0 Å². The molecule has 1 unspecified atom stereocenters. The molecule has 2 N–H and O–H groups in total. The van der Waals surface area contributed by atoms with E-state index >= 15 is 0 Å². The Bertz CT molecular complexity index is 1150. The number of nitrogens with zero attached hydrogens (tertiary/aromatic N) is 6. The number of nitrogens with two attached hydrogens (primary N) is 1. The van der Waals surface area contributed by atoms with Crippen LogP contribution in [0.4, 0.5) is 5.82 Å². The average molecular weight is 347 g/mol. The van der Waals surface area contributed by atoms with Crippen molar-refractivity contribution in [3.8, 4) is 5.69 Å². The zero-order valence-corrected chi connectivity index (χ0v) is 14.4. The molecule has 0 amide bonds. The predicted molar refractivity (Wildman–Crippen MR) is 98.1 cm³/mol. The van der Waals surface area contributed by atoms with Crippen LogP contribution < -0.4 is 11.3 Å². The maximum Gasteiger partial charge on any atom is 0.271 e. The predicted octanol–water partition coefficient (Wildman–Crippen LogP) is 1.87. The van der Waals surface area contributed by atoms with Gasteiger partial charge in [-0.25, -0.2) is 14.6 Å². The fourth-order valence-corrected chi connectivity index (χ4v) is 2.99. The minimum Gasteiger partial charge on any atom is -0.383 e. The maximum absolute atomic E-state index is 12.5. The summed E-state index contributed by atoms with van der Waals surface area (Å²) in [5.41, 5.74) is 8.58. The summed E-state index contributed by atoms with van der Waals surface area (Å²) in [6, 6.07) is 10.6. The first-order valence-corrected chi connectivity index (χ1v) is 8.16. The normalized spacial score (nSPS) is 12.4. The number of aryl methyl sites for hydroxylation is 1. The van der Waals surface area contributed by atoms with Crippen LogP contribution in [0, 0.1) is 6.92 Å². The van der Waals surface area contributed by atoms with Crippen molar-refractivity contribution in [2.75, 3.05) is 5.73 Å². The molecule has 0 fully saturated rings. The van der Waals surface area contributed by atoms with Crippen molar-refractivity contribution in [3.05, 3.63) is 70.5 Å². The summed E-state index contributed by atoms with van der Waals surface area (Å²) in [4.78, 5) is 20.8. The number of para-hydroxylation sites is 1. The second-order valence-corrected chi connectivity index (χ2v) is 6.04. The fourth-order valence-electron chi connectivity index (χ4n) is 2.99. The van der Waals surface area contributed by atoms with Crippen molar-refractivity contribution in [3.63, 3.8) is 0 Å². The van der Waals surface area contributed by atoms with E-state index in [1.54, 1.807) is 16.9 Å². The molecular weight excluding hydrogens is 330 g/mol. The van der Waals surface area contributed by atoms with Crippen molar-refractivity contribution in [2.45, 2.75) is 19.9 Å². The average Bonchev–Trinajstić information content (AvgIpc) is 3.00. The zero-order valence-electron chi connectivity index (χ0n) is 14.4. The van der Waals surface area contributed by atoms with Crippen LogP contribution in [-0.4, -0.2) is 29.5 Å². The highest BCUT2D eigenvalue weighted by molar-refractivity contribution is 5.88. The van der Waals surface area contributed by atoms with Gasteiger partial charge in [0.15, 0.2) is 5.65 Å². The monoisotopic (exact) mass is 347 g/mol. The van der Waals surface area contributed by atoms with Gasteiger partial charge in [-0.15, -0.1) is 0 Å². The van der Waals surface area contributed by atoms with E-state index in [-0.39, 0.29) is 11.6 Å². The van der Waals surface area contributed by atoms with Crippen LogP contribution in [0.1, 0.15) is 24.2 Å². The van der Waals surface area contributed by atoms with Crippen LogP contribution in [0.3, 0.4) is 0 Å². The van der Waals surface area contributed by atoms with Gasteiger partial charge in [0.05, 0.1) is 29.0 Å². The molecule has 8 heteroatoms. The van der Waals surface area contributed by atoms with E-state index in [4.69, 9.17) is 5.73 Å². The Labute approximate surface area is 148 Å². The molecule has 3 aromatic heterocycles. The molecule has 0 aliphatic heterocycles. The van der Waals surface area contributed by atoms with Gasteiger partial charge in [-0.1, -0.05) is 18.2 Å². The summed E-state index contributed by atoms with van der Waals surface area (Å²) < 4.78 is 3.11. The van der Waals surface area contributed by atoms with Gasteiger partial charge in [-0.2, -0.15) is 14.9 Å². The van der Waals surface area contributed by atoms with Crippen molar-refractivity contribution in [1.29, 1.82) is 0 Å². The molecule has 0 saturated heterocycles. The second kappa shape index (κ2) is 6.07. The number of benzene rings is 1. The lowest BCUT2D eigenvalue weighted by molar-refractivity contribution is 0.567. The van der Waals surface area contributed by atoms with Gasteiger partial charge in [0.2, 0.25) is 0 Å². The zero-order chi connectivity index (χ0) is 18.3. The van der Waals surface area contributed by atoms with Crippen LogP contribution in [-0.2, 0) is 0 Å². The molecule has 1 atom stereocenters. The number of hydrogen-bond acceptors (Lipinski definition) is 6. The first kappa shape index (κ1) is 15.9. The van der Waals surface area contributed by atoms with Crippen LogP contribution in [0.15, 0.2) is 53.7 Å². The van der Waals surface area contributed by atoms with Crippen molar-refractivity contribution >= 4 is 16.9 Å². The molecule has 0 aliphatic carbocycles. The van der Waals surface area contributed by atoms with Crippen LogP contribution in [0.5, 0.6) is 0 Å². The molecule has 1 aromatic carbocycles. The van der Waals surface area contributed by atoms with Crippen molar-refractivity contribution in [1.82, 2.24) is 29.5 Å². The van der Waals surface area contributed by atoms with Gasteiger partial charge in [0.1, 0.15) is 12.1 Å². The van der Waals surface area contributed by atoms with E-state index in [2.05, 4.69) is 20.2 Å². The van der Waals surface area contributed by atoms with Gasteiger partial charge in [0, 0.05) is 11.6 Å². The third-order valence-corrected chi connectivity index (χ3v) is 4.36. The number of anilines is 1. The first-order chi connectivity index (χ1) is 12.6. The summed E-state index contributed by atoms with van der Waals surface area (Å²) in [5.74, 6) is 0.392. The fraction of sp³-hybridized carbons (Fsp3) is 0.167. The summed E-state index contributed by atoms with van der Waals surface area (Å²) in [5, 5.41) is 9.57. The minimum absolute atomic E-state index is 0.206. The molecular formula is C18H17N7O. The quantitative estimate of drug-likeness (QED) is 0.607. The highest BCUT2D eigenvalue weighted by Gasteiger charge is 2.18. The molecule has 0 aliphatic rings. The number of nitrogen functional groups attached to an aromatic ring is 1. The van der Waals surface area contributed by atoms with Crippen molar-refractivity contribution < 1.29 is 0 Å². The standard InChI is InChI=1S/C18H17N7O/c1-11-16-17(19)20-10-21-18(16)24(23-11)12(2)13-8-15(26)25(22-9-13)14-6-4-3-5-7-14/h3-10,12H,1-2H3,(H2,19,20,21). The Hall–Kier alpha value is -3.55. The molecule has 4 rings (SSSR count). The van der Waals surface area contributed by atoms with Crippen LogP contribution >= 0.6 is 0 Å². The van der Waals surface area contributed by atoms with Gasteiger partial charge < -0.3 is 5.73 Å². The largest absolute Gasteiger partial charge is 0.383 e. The molecule has 0 saturated carbocycles. The first-order valence-electron chi connectivity index (χ1n) is 8.16. The number of rotatable bonds is 3. The summed E-state index contributed by atoms with van der Waals surface area (Å²) in [6.07, 6.45) is 3.08. The van der Waals surface area contributed by atoms with Gasteiger partial charge in [0.25, 0.3) is 5.56 Å². The Balaban J connectivity index is 1.78. The highest BCUT2D eigenvalue weighted by atomic mass is 16.1. The Morgan fingerprint density at radius 3 is 2.65 bits per heavy atom. The highest BCUT2D eigenvalue weighted by Crippen LogP contribution is 2.25. The third kappa shape index (κ3) is 2.52. The lowest BCUT2D eigenvalue weighted by atomic mass is 10.1. The number of hydrogen-bond donors (Lipinski definition) is 1. The smallest absolute Gasteiger partial charge is 0.271 e. The van der Waals surface area contributed by atoms with E-state index in [1.165, 1.54) is 11.0 Å². The van der Waals surface area contributed by atoms with Crippen LogP contribution in [0.2, 0.25) is 0 Å². The minimum atomic E-state index is -0.230. The lowest BCUT2D eigenvalue weighted by Gasteiger charge is -2.14. The molecule has 8 nitrogen and oxygen atoms in total. The number of fused-ring (bicyclic) bond motifs is 1. The molecule has 0 spiro atoms. The number of aromatic nitrogens is 6. The van der Waals surface area contributed by atoms with Crippen LogP contribution in [0.25, 0.3) is 16.7 Å². The summed E-state index contributed by atoms with van der Waals surface area (Å²) >= 11 is 0. The molecule has 3 heterocycles. The van der Waals surface area contributed by atoms with E-state index in [0.717, 1.165) is 22.3 Å². The summed E-state index contributed by atoms with van der Waals surface area (Å²) in [7, 11) is 0. The van der Waals surface area contributed by atoms with Gasteiger partial charge in [-0.3, -0.25) is 4.79 Å². The maximum atomic E-state index is 12.5. The molecule has 26 heavy (non-hydrogen) atoms. The van der Waals surface area contributed by atoms with E-state index in [0.29, 0.717) is 11.5 Å². The second-order valence-electron chi connectivity index (χ2n) is 6.04. The Morgan fingerprint density at radius 1 is 1.15 bits per heavy atom.